The van der Waals surface area contributed by atoms with Crippen LogP contribution in [0.5, 0.6) is 5.75 Å². The van der Waals surface area contributed by atoms with Gasteiger partial charge in [0.15, 0.2) is 6.10 Å². The lowest BCUT2D eigenvalue weighted by Crippen LogP contribution is -2.37. The van der Waals surface area contributed by atoms with E-state index in [1.165, 1.54) is 0 Å². The van der Waals surface area contributed by atoms with E-state index in [4.69, 9.17) is 9.26 Å². The summed E-state index contributed by atoms with van der Waals surface area (Å²) in [5, 5.41) is 3.88. The molecule has 2 rings (SSSR count). The summed E-state index contributed by atoms with van der Waals surface area (Å²) in [6.07, 6.45) is -0.550. The zero-order valence-corrected chi connectivity index (χ0v) is 12.8. The molecule has 0 radical (unpaired) electrons. The van der Waals surface area contributed by atoms with Gasteiger partial charge in [-0.2, -0.15) is 0 Å². The van der Waals surface area contributed by atoms with Crippen LogP contribution in [0.15, 0.2) is 34.9 Å². The second-order valence-corrected chi connectivity index (χ2v) is 5.20. The molecule has 5 heteroatoms. The van der Waals surface area contributed by atoms with Crippen LogP contribution in [-0.2, 0) is 11.3 Å². The van der Waals surface area contributed by atoms with Gasteiger partial charge in [0.25, 0.3) is 5.91 Å². The van der Waals surface area contributed by atoms with E-state index in [1.54, 1.807) is 18.9 Å². The Morgan fingerprint density at radius 1 is 1.33 bits per heavy atom. The minimum Gasteiger partial charge on any atom is -0.481 e. The molecule has 5 nitrogen and oxygen atoms in total. The summed E-state index contributed by atoms with van der Waals surface area (Å²) < 4.78 is 10.7. The Bertz CT molecular complexity index is 604. The van der Waals surface area contributed by atoms with Gasteiger partial charge in [0.05, 0.1) is 6.54 Å². The van der Waals surface area contributed by atoms with Gasteiger partial charge in [0.2, 0.25) is 0 Å². The van der Waals surface area contributed by atoms with Gasteiger partial charge in [-0.25, -0.2) is 0 Å². The molecule has 0 aliphatic rings. The molecule has 112 valence electrons. The Morgan fingerprint density at radius 3 is 2.57 bits per heavy atom. The van der Waals surface area contributed by atoms with Crippen molar-refractivity contribution >= 4 is 5.91 Å². The number of likely N-dealkylation sites (N-methyl/N-ethyl adjacent to an activating group) is 1. The first-order valence-corrected chi connectivity index (χ1v) is 6.86. The number of hydrogen-bond acceptors (Lipinski definition) is 4. The molecule has 0 saturated carbocycles. The molecule has 0 bridgehead atoms. The van der Waals surface area contributed by atoms with Crippen LogP contribution in [0.1, 0.15) is 23.9 Å². The number of nitrogens with zero attached hydrogens (tertiary/aromatic N) is 2. The van der Waals surface area contributed by atoms with Crippen LogP contribution >= 0.6 is 0 Å². The Labute approximate surface area is 124 Å². The average molecular weight is 288 g/mol. The normalized spacial score (nSPS) is 12.0. The van der Waals surface area contributed by atoms with E-state index >= 15 is 0 Å². The Kier molecular flexibility index (Phi) is 4.62. The Morgan fingerprint density at radius 2 is 2.00 bits per heavy atom. The van der Waals surface area contributed by atoms with Gasteiger partial charge in [-0.3, -0.25) is 4.79 Å². The highest BCUT2D eigenvalue weighted by Crippen LogP contribution is 2.14. The molecular weight excluding hydrogens is 268 g/mol. The number of amides is 1. The maximum absolute atomic E-state index is 12.3. The summed E-state index contributed by atoms with van der Waals surface area (Å²) in [4.78, 5) is 13.8. The van der Waals surface area contributed by atoms with Crippen LogP contribution in [0.25, 0.3) is 0 Å². The maximum atomic E-state index is 12.3. The van der Waals surface area contributed by atoms with Crippen LogP contribution in [0.3, 0.4) is 0 Å². The van der Waals surface area contributed by atoms with Gasteiger partial charge in [-0.1, -0.05) is 22.9 Å². The van der Waals surface area contributed by atoms with Gasteiger partial charge in [-0.15, -0.1) is 0 Å². The van der Waals surface area contributed by atoms with E-state index in [2.05, 4.69) is 5.16 Å². The number of carbonyl (C=O) groups is 1. The molecule has 1 aromatic heterocycles. The maximum Gasteiger partial charge on any atom is 0.263 e. The van der Waals surface area contributed by atoms with Gasteiger partial charge >= 0.3 is 0 Å². The lowest BCUT2D eigenvalue weighted by Gasteiger charge is -2.21. The molecule has 1 atom stereocenters. The number of rotatable bonds is 5. The first kappa shape index (κ1) is 15.1. The fraction of sp³-hybridized carbons (Fsp3) is 0.375. The highest BCUT2D eigenvalue weighted by atomic mass is 16.5. The number of carbonyl (C=O) groups excluding carboxylic acids is 1. The van der Waals surface area contributed by atoms with Crippen molar-refractivity contribution < 1.29 is 14.1 Å². The molecule has 21 heavy (non-hydrogen) atoms. The fourth-order valence-corrected chi connectivity index (χ4v) is 2.00. The van der Waals surface area contributed by atoms with Gasteiger partial charge < -0.3 is 14.2 Å². The van der Waals surface area contributed by atoms with Crippen molar-refractivity contribution in [2.24, 2.45) is 0 Å². The van der Waals surface area contributed by atoms with Crippen molar-refractivity contribution in [2.45, 2.75) is 33.4 Å². The van der Waals surface area contributed by atoms with Gasteiger partial charge in [0, 0.05) is 13.1 Å². The molecule has 1 amide bonds. The second-order valence-electron chi connectivity index (χ2n) is 5.20. The average Bonchev–Trinajstić information content (AvgIpc) is 2.85. The smallest absolute Gasteiger partial charge is 0.263 e. The van der Waals surface area contributed by atoms with Crippen molar-refractivity contribution in [3.63, 3.8) is 0 Å². The largest absolute Gasteiger partial charge is 0.481 e. The Hall–Kier alpha value is -2.30. The zero-order valence-electron chi connectivity index (χ0n) is 12.8. The van der Waals surface area contributed by atoms with Gasteiger partial charge in [-0.05, 0) is 32.9 Å². The third kappa shape index (κ3) is 4.08. The van der Waals surface area contributed by atoms with Crippen molar-refractivity contribution in [1.82, 2.24) is 10.1 Å². The van der Waals surface area contributed by atoms with Gasteiger partial charge in [0.1, 0.15) is 17.2 Å². The van der Waals surface area contributed by atoms with Crippen molar-refractivity contribution in [3.05, 3.63) is 47.3 Å². The minimum atomic E-state index is -0.550. The minimum absolute atomic E-state index is 0.101. The molecule has 1 heterocycles. The molecule has 0 fully saturated rings. The summed E-state index contributed by atoms with van der Waals surface area (Å²) >= 11 is 0. The summed E-state index contributed by atoms with van der Waals surface area (Å²) in [5.41, 5.74) is 1.88. The molecule has 0 saturated heterocycles. The van der Waals surface area contributed by atoms with Crippen LogP contribution in [-0.4, -0.2) is 29.1 Å². The second kappa shape index (κ2) is 6.43. The first-order chi connectivity index (χ1) is 9.95. The topological polar surface area (TPSA) is 55.6 Å². The number of aromatic nitrogens is 1. The van der Waals surface area contributed by atoms with E-state index in [0.29, 0.717) is 12.3 Å². The summed E-state index contributed by atoms with van der Waals surface area (Å²) in [6, 6.07) is 9.44. The third-order valence-electron chi connectivity index (χ3n) is 3.13. The molecule has 0 aliphatic heterocycles. The monoisotopic (exact) mass is 288 g/mol. The third-order valence-corrected chi connectivity index (χ3v) is 3.13. The van der Waals surface area contributed by atoms with Crippen LogP contribution in [0.4, 0.5) is 0 Å². The highest BCUT2D eigenvalue weighted by Gasteiger charge is 2.20. The predicted octanol–water partition coefficient (Wildman–Crippen LogP) is 2.72. The number of benzene rings is 1. The van der Waals surface area contributed by atoms with Crippen LogP contribution < -0.4 is 4.74 Å². The number of aryl methyl sites for hydroxylation is 2. The highest BCUT2D eigenvalue weighted by molar-refractivity contribution is 5.80. The molecule has 1 aromatic carbocycles. The Balaban J connectivity index is 1.93. The van der Waals surface area contributed by atoms with E-state index in [-0.39, 0.29) is 5.91 Å². The molecule has 0 aliphatic carbocycles. The lowest BCUT2D eigenvalue weighted by molar-refractivity contribution is -0.137. The van der Waals surface area contributed by atoms with E-state index in [0.717, 1.165) is 17.0 Å². The van der Waals surface area contributed by atoms with E-state index in [1.807, 2.05) is 44.2 Å². The molecule has 2 aromatic rings. The zero-order chi connectivity index (χ0) is 15.4. The van der Waals surface area contributed by atoms with Crippen molar-refractivity contribution in [2.75, 3.05) is 7.05 Å². The van der Waals surface area contributed by atoms with E-state index in [9.17, 15) is 4.79 Å². The quantitative estimate of drug-likeness (QED) is 0.849. The molecular formula is C16H20N2O3. The number of hydrogen-bond donors (Lipinski definition) is 0. The fourth-order valence-electron chi connectivity index (χ4n) is 2.00. The van der Waals surface area contributed by atoms with Crippen LogP contribution in [0.2, 0.25) is 0 Å². The SMILES string of the molecule is Cc1ccc(OC(C)C(=O)N(C)Cc2cc(C)on2)cc1. The van der Waals surface area contributed by atoms with Crippen LogP contribution in [0, 0.1) is 13.8 Å². The molecule has 0 N–H and O–H groups in total. The summed E-state index contributed by atoms with van der Waals surface area (Å²) in [6.45, 7) is 5.97. The summed E-state index contributed by atoms with van der Waals surface area (Å²) in [5.74, 6) is 1.32. The first-order valence-electron chi connectivity index (χ1n) is 6.86. The lowest BCUT2D eigenvalue weighted by atomic mass is 10.2. The number of ether oxygens (including phenoxy) is 1. The summed E-state index contributed by atoms with van der Waals surface area (Å²) in [7, 11) is 1.72. The molecule has 0 spiro atoms. The van der Waals surface area contributed by atoms with E-state index < -0.39 is 6.10 Å². The van der Waals surface area contributed by atoms with Crippen molar-refractivity contribution in [3.8, 4) is 5.75 Å². The van der Waals surface area contributed by atoms with Crippen molar-refractivity contribution in [1.29, 1.82) is 0 Å². The standard InChI is InChI=1S/C16H20N2O3/c1-11-5-7-15(8-6-11)20-13(3)16(19)18(4)10-14-9-12(2)21-17-14/h5-9,13H,10H2,1-4H3. The predicted molar refractivity (Wildman–Crippen MR) is 79.0 cm³/mol. The molecule has 1 unspecified atom stereocenters.